The Morgan fingerprint density at radius 1 is 1.58 bits per heavy atom. The van der Waals surface area contributed by atoms with E-state index in [2.05, 4.69) is 23.7 Å². The summed E-state index contributed by atoms with van der Waals surface area (Å²) in [5, 5.41) is 8.76. The van der Waals surface area contributed by atoms with Gasteiger partial charge in [-0.15, -0.1) is 0 Å². The molecule has 2 rings (SSSR count). The Balaban J connectivity index is 2.35. The Morgan fingerprint density at radius 2 is 2.37 bits per heavy atom. The van der Waals surface area contributed by atoms with Crippen LogP contribution >= 0.6 is 0 Å². The van der Waals surface area contributed by atoms with E-state index in [1.165, 1.54) is 12.5 Å². The highest BCUT2D eigenvalue weighted by Gasteiger charge is 2.31. The standard InChI is InChI=1S/C15H20N2O2/c1-3-13-8-6-11(2)17(13)15-12(5-4-10-16-15)7-9-14(18)19/h4-5,7,9-11,13H,3,6,8H2,1-2H3,(H,18,19)/b9-7+. The molecule has 0 radical (unpaired) electrons. The molecule has 1 N–H and O–H groups in total. The lowest BCUT2D eigenvalue weighted by Crippen LogP contribution is -2.35. The normalized spacial score (nSPS) is 23.2. The number of hydrogen-bond acceptors (Lipinski definition) is 3. The van der Waals surface area contributed by atoms with Gasteiger partial charge in [0.1, 0.15) is 5.82 Å². The van der Waals surface area contributed by atoms with Gasteiger partial charge in [-0.25, -0.2) is 9.78 Å². The van der Waals surface area contributed by atoms with Gasteiger partial charge in [-0.1, -0.05) is 6.92 Å². The van der Waals surface area contributed by atoms with Crippen molar-refractivity contribution in [2.24, 2.45) is 0 Å². The first-order valence-electron chi connectivity index (χ1n) is 6.77. The van der Waals surface area contributed by atoms with Gasteiger partial charge in [0.2, 0.25) is 0 Å². The Kier molecular flexibility index (Phi) is 4.20. The molecule has 4 nitrogen and oxygen atoms in total. The van der Waals surface area contributed by atoms with Crippen molar-refractivity contribution in [3.63, 3.8) is 0 Å². The fourth-order valence-corrected chi connectivity index (χ4v) is 2.77. The van der Waals surface area contributed by atoms with E-state index >= 15 is 0 Å². The van der Waals surface area contributed by atoms with Crippen molar-refractivity contribution in [1.82, 2.24) is 4.98 Å². The lowest BCUT2D eigenvalue weighted by atomic mass is 10.1. The topological polar surface area (TPSA) is 53.4 Å². The van der Waals surface area contributed by atoms with Crippen LogP contribution in [0, 0.1) is 0 Å². The molecule has 0 aliphatic carbocycles. The van der Waals surface area contributed by atoms with Crippen LogP contribution in [-0.4, -0.2) is 28.1 Å². The summed E-state index contributed by atoms with van der Waals surface area (Å²) in [5.41, 5.74) is 0.872. The van der Waals surface area contributed by atoms with Gasteiger partial charge in [0.15, 0.2) is 0 Å². The summed E-state index contributed by atoms with van der Waals surface area (Å²) in [6, 6.07) is 4.71. The van der Waals surface area contributed by atoms with Crippen molar-refractivity contribution in [2.75, 3.05) is 4.90 Å². The highest BCUT2D eigenvalue weighted by molar-refractivity contribution is 5.86. The van der Waals surface area contributed by atoms with Crippen LogP contribution in [0.3, 0.4) is 0 Å². The number of anilines is 1. The number of carboxylic acids is 1. The summed E-state index contributed by atoms with van der Waals surface area (Å²) in [6.45, 7) is 4.39. The SMILES string of the molecule is CCC1CCC(C)N1c1ncccc1/C=C/C(=O)O. The number of carboxylic acid groups (broad SMARTS) is 1. The molecule has 2 atom stereocenters. The van der Waals surface area contributed by atoms with Crippen LogP contribution in [0.4, 0.5) is 5.82 Å². The van der Waals surface area contributed by atoms with Gasteiger partial charge >= 0.3 is 5.97 Å². The van der Waals surface area contributed by atoms with Crippen LogP contribution in [0.5, 0.6) is 0 Å². The fourth-order valence-electron chi connectivity index (χ4n) is 2.77. The lowest BCUT2D eigenvalue weighted by Gasteiger charge is -2.30. The summed E-state index contributed by atoms with van der Waals surface area (Å²) in [7, 11) is 0. The number of aromatic nitrogens is 1. The van der Waals surface area contributed by atoms with E-state index in [0.717, 1.165) is 24.2 Å². The van der Waals surface area contributed by atoms with Crippen LogP contribution in [-0.2, 0) is 4.79 Å². The molecule has 1 aromatic heterocycles. The second-order valence-electron chi connectivity index (χ2n) is 4.98. The number of rotatable bonds is 4. The quantitative estimate of drug-likeness (QED) is 0.846. The zero-order valence-corrected chi connectivity index (χ0v) is 11.4. The molecule has 4 heteroatoms. The third-order valence-electron chi connectivity index (χ3n) is 3.72. The predicted octanol–water partition coefficient (Wildman–Crippen LogP) is 2.95. The average Bonchev–Trinajstić information content (AvgIpc) is 2.77. The van der Waals surface area contributed by atoms with Crippen LogP contribution in [0.25, 0.3) is 6.08 Å². The highest BCUT2D eigenvalue weighted by Crippen LogP contribution is 2.33. The number of pyridine rings is 1. The number of aliphatic carboxylic acids is 1. The van der Waals surface area contributed by atoms with Gasteiger partial charge in [0.05, 0.1) is 0 Å². The van der Waals surface area contributed by atoms with E-state index in [4.69, 9.17) is 5.11 Å². The molecule has 0 saturated carbocycles. The van der Waals surface area contributed by atoms with Gasteiger partial charge in [-0.2, -0.15) is 0 Å². The van der Waals surface area contributed by atoms with E-state index in [-0.39, 0.29) is 0 Å². The highest BCUT2D eigenvalue weighted by atomic mass is 16.4. The third kappa shape index (κ3) is 2.95. The maximum Gasteiger partial charge on any atom is 0.328 e. The molecule has 0 bridgehead atoms. The van der Waals surface area contributed by atoms with Crippen molar-refractivity contribution in [1.29, 1.82) is 0 Å². The molecule has 1 aliphatic heterocycles. The third-order valence-corrected chi connectivity index (χ3v) is 3.72. The molecular formula is C15H20N2O2. The molecular weight excluding hydrogens is 240 g/mol. The second kappa shape index (κ2) is 5.87. The molecule has 0 amide bonds. The monoisotopic (exact) mass is 260 g/mol. The maximum absolute atomic E-state index is 10.7. The Morgan fingerprint density at radius 3 is 3.05 bits per heavy atom. The smallest absolute Gasteiger partial charge is 0.328 e. The van der Waals surface area contributed by atoms with Crippen molar-refractivity contribution >= 4 is 17.9 Å². The summed E-state index contributed by atoms with van der Waals surface area (Å²) in [6.07, 6.45) is 7.99. The van der Waals surface area contributed by atoms with Gasteiger partial charge in [0, 0.05) is 29.9 Å². The van der Waals surface area contributed by atoms with Gasteiger partial charge < -0.3 is 10.0 Å². The molecule has 102 valence electrons. The molecule has 0 aromatic carbocycles. The van der Waals surface area contributed by atoms with E-state index in [1.807, 2.05) is 12.1 Å². The summed E-state index contributed by atoms with van der Waals surface area (Å²) in [4.78, 5) is 17.5. The van der Waals surface area contributed by atoms with Crippen LogP contribution in [0.2, 0.25) is 0 Å². The molecule has 1 aliphatic rings. The van der Waals surface area contributed by atoms with E-state index in [0.29, 0.717) is 12.1 Å². The van der Waals surface area contributed by atoms with Crippen molar-refractivity contribution in [3.8, 4) is 0 Å². The molecule has 1 fully saturated rings. The minimum Gasteiger partial charge on any atom is -0.478 e. The zero-order valence-electron chi connectivity index (χ0n) is 11.4. The fraction of sp³-hybridized carbons (Fsp3) is 0.467. The van der Waals surface area contributed by atoms with Gasteiger partial charge in [-0.05, 0) is 44.4 Å². The van der Waals surface area contributed by atoms with Gasteiger partial charge in [-0.3, -0.25) is 0 Å². The minimum atomic E-state index is -0.934. The average molecular weight is 260 g/mol. The summed E-state index contributed by atoms with van der Waals surface area (Å²) >= 11 is 0. The van der Waals surface area contributed by atoms with E-state index in [9.17, 15) is 4.79 Å². The molecule has 19 heavy (non-hydrogen) atoms. The minimum absolute atomic E-state index is 0.455. The predicted molar refractivity (Wildman–Crippen MR) is 76.2 cm³/mol. The molecule has 0 spiro atoms. The first-order chi connectivity index (χ1) is 9.13. The maximum atomic E-state index is 10.7. The van der Waals surface area contributed by atoms with Crippen LogP contribution < -0.4 is 4.90 Å². The Hall–Kier alpha value is -1.84. The summed E-state index contributed by atoms with van der Waals surface area (Å²) in [5.74, 6) is -0.0341. The first kappa shape index (κ1) is 13.6. The molecule has 2 heterocycles. The van der Waals surface area contributed by atoms with E-state index in [1.54, 1.807) is 12.3 Å². The summed E-state index contributed by atoms with van der Waals surface area (Å²) < 4.78 is 0. The molecule has 1 saturated heterocycles. The van der Waals surface area contributed by atoms with Crippen LogP contribution in [0.15, 0.2) is 24.4 Å². The van der Waals surface area contributed by atoms with Crippen molar-refractivity contribution in [3.05, 3.63) is 30.0 Å². The number of nitrogens with zero attached hydrogens (tertiary/aromatic N) is 2. The Labute approximate surface area is 113 Å². The van der Waals surface area contributed by atoms with Crippen molar-refractivity contribution < 1.29 is 9.90 Å². The first-order valence-corrected chi connectivity index (χ1v) is 6.77. The zero-order chi connectivity index (χ0) is 13.8. The lowest BCUT2D eigenvalue weighted by molar-refractivity contribution is -0.131. The second-order valence-corrected chi connectivity index (χ2v) is 4.98. The van der Waals surface area contributed by atoms with Crippen LogP contribution in [0.1, 0.15) is 38.7 Å². The molecule has 1 aromatic rings. The largest absolute Gasteiger partial charge is 0.478 e. The Bertz CT molecular complexity index is 485. The number of hydrogen-bond donors (Lipinski definition) is 1. The molecule has 2 unspecified atom stereocenters. The van der Waals surface area contributed by atoms with E-state index < -0.39 is 5.97 Å². The number of carbonyl (C=O) groups is 1. The van der Waals surface area contributed by atoms with Gasteiger partial charge in [0.25, 0.3) is 0 Å². The van der Waals surface area contributed by atoms with Crippen molar-refractivity contribution in [2.45, 2.75) is 45.2 Å².